The Morgan fingerprint density at radius 1 is 1.45 bits per heavy atom. The van der Waals surface area contributed by atoms with E-state index in [1.54, 1.807) is 13.2 Å². The van der Waals surface area contributed by atoms with Gasteiger partial charge in [0.1, 0.15) is 0 Å². The van der Waals surface area contributed by atoms with Crippen LogP contribution in [0.15, 0.2) is 29.6 Å². The quantitative estimate of drug-likeness (QED) is 0.635. The van der Waals surface area contributed by atoms with Crippen LogP contribution >= 0.6 is 0 Å². The standard InChI is InChI=1S/C11H12F2N6O/c1-11(12,13)10(20)19-9(16-14)4-3-8(17-19)7-5-15-18(2)6-7/h3-6H,14H2,1-2H3/b16-9+. The fraction of sp³-hybridized carbons (Fsp3) is 0.273. The van der Waals surface area contributed by atoms with Crippen LogP contribution in [-0.2, 0) is 7.05 Å². The summed E-state index contributed by atoms with van der Waals surface area (Å²) in [5, 5.41) is 11.1. The monoisotopic (exact) mass is 282 g/mol. The van der Waals surface area contributed by atoms with Gasteiger partial charge >= 0.3 is 11.8 Å². The summed E-state index contributed by atoms with van der Waals surface area (Å²) >= 11 is 0. The van der Waals surface area contributed by atoms with E-state index in [0.29, 0.717) is 22.9 Å². The van der Waals surface area contributed by atoms with Crippen molar-refractivity contribution in [3.63, 3.8) is 0 Å². The lowest BCUT2D eigenvalue weighted by Gasteiger charge is -2.11. The van der Waals surface area contributed by atoms with Crippen LogP contribution in [0.25, 0.3) is 11.3 Å². The molecule has 2 aromatic rings. The van der Waals surface area contributed by atoms with Crippen molar-refractivity contribution in [2.45, 2.75) is 12.8 Å². The fourth-order valence-corrected chi connectivity index (χ4v) is 1.56. The SMILES string of the molecule is Cn1cc(-c2cc/c(=N\N)n(C(=O)C(C)(F)F)n2)cn1. The molecular formula is C11H12F2N6O. The zero-order valence-corrected chi connectivity index (χ0v) is 10.8. The summed E-state index contributed by atoms with van der Waals surface area (Å²) < 4.78 is 28.3. The number of aromatic nitrogens is 4. The minimum atomic E-state index is -3.58. The van der Waals surface area contributed by atoms with Crippen LogP contribution in [0.5, 0.6) is 0 Å². The molecule has 0 aromatic carbocycles. The first-order valence-electron chi connectivity index (χ1n) is 5.59. The van der Waals surface area contributed by atoms with Gasteiger partial charge in [-0.15, -0.1) is 0 Å². The molecule has 0 aliphatic heterocycles. The largest absolute Gasteiger partial charge is 0.324 e. The smallest absolute Gasteiger partial charge is 0.321 e. The highest BCUT2D eigenvalue weighted by Crippen LogP contribution is 2.16. The number of carbonyl (C=O) groups is 1. The van der Waals surface area contributed by atoms with E-state index in [1.807, 2.05) is 0 Å². The molecule has 0 aliphatic rings. The number of aryl methyl sites for hydroxylation is 1. The Labute approximate surface area is 112 Å². The molecular weight excluding hydrogens is 270 g/mol. The molecule has 0 saturated carbocycles. The van der Waals surface area contributed by atoms with Crippen LogP contribution in [0, 0.1) is 0 Å². The summed E-state index contributed by atoms with van der Waals surface area (Å²) in [6.07, 6.45) is 3.14. The number of nitrogens with two attached hydrogens (primary N) is 1. The Morgan fingerprint density at radius 3 is 2.65 bits per heavy atom. The molecule has 20 heavy (non-hydrogen) atoms. The second-order valence-electron chi connectivity index (χ2n) is 4.21. The Morgan fingerprint density at radius 2 is 2.15 bits per heavy atom. The normalized spacial score (nSPS) is 12.7. The van der Waals surface area contributed by atoms with Crippen LogP contribution < -0.4 is 11.3 Å². The van der Waals surface area contributed by atoms with Gasteiger partial charge in [-0.05, 0) is 12.1 Å². The number of nitrogens with zero attached hydrogens (tertiary/aromatic N) is 5. The molecule has 0 spiro atoms. The van der Waals surface area contributed by atoms with Gasteiger partial charge in [-0.25, -0.2) is 0 Å². The van der Waals surface area contributed by atoms with Crippen LogP contribution in [0.3, 0.4) is 0 Å². The Balaban J connectivity index is 2.59. The Hall–Kier alpha value is -2.58. The number of rotatable bonds is 2. The second-order valence-corrected chi connectivity index (χ2v) is 4.21. The first-order valence-corrected chi connectivity index (χ1v) is 5.59. The van der Waals surface area contributed by atoms with Crippen molar-refractivity contribution < 1.29 is 13.6 Å². The molecule has 0 saturated heterocycles. The van der Waals surface area contributed by atoms with E-state index in [1.165, 1.54) is 23.0 Å². The van der Waals surface area contributed by atoms with Crippen molar-refractivity contribution in [3.8, 4) is 11.3 Å². The molecule has 0 radical (unpaired) electrons. The Kier molecular flexibility index (Phi) is 3.35. The maximum atomic E-state index is 13.1. The predicted octanol–water partition coefficient (Wildman–Crippen LogP) is 0.353. The number of hydrogen-bond acceptors (Lipinski definition) is 5. The highest BCUT2D eigenvalue weighted by molar-refractivity contribution is 5.84. The van der Waals surface area contributed by atoms with E-state index >= 15 is 0 Å². The summed E-state index contributed by atoms with van der Waals surface area (Å²) in [4.78, 5) is 11.6. The zero-order chi connectivity index (χ0) is 14.9. The minimum absolute atomic E-state index is 0.163. The molecule has 0 unspecified atom stereocenters. The number of alkyl halides is 2. The van der Waals surface area contributed by atoms with Gasteiger partial charge in [-0.3, -0.25) is 9.48 Å². The van der Waals surface area contributed by atoms with Crippen molar-refractivity contribution in [1.29, 1.82) is 0 Å². The lowest BCUT2D eigenvalue weighted by Crippen LogP contribution is -2.40. The van der Waals surface area contributed by atoms with E-state index < -0.39 is 11.8 Å². The molecule has 0 bridgehead atoms. The average Bonchev–Trinajstić information content (AvgIpc) is 2.82. The van der Waals surface area contributed by atoms with Crippen LogP contribution in [0.4, 0.5) is 8.78 Å². The van der Waals surface area contributed by atoms with Gasteiger partial charge in [0.25, 0.3) is 0 Å². The van der Waals surface area contributed by atoms with E-state index in [0.717, 1.165) is 0 Å². The van der Waals surface area contributed by atoms with Crippen LogP contribution in [0.1, 0.15) is 11.7 Å². The van der Waals surface area contributed by atoms with Gasteiger partial charge < -0.3 is 5.84 Å². The van der Waals surface area contributed by atoms with Gasteiger partial charge in [-0.1, -0.05) is 0 Å². The van der Waals surface area contributed by atoms with E-state index in [2.05, 4.69) is 15.3 Å². The van der Waals surface area contributed by atoms with Gasteiger partial charge in [0.2, 0.25) is 0 Å². The van der Waals surface area contributed by atoms with Gasteiger partial charge in [0.05, 0.1) is 11.9 Å². The summed E-state index contributed by atoms with van der Waals surface area (Å²) in [7, 11) is 1.70. The number of hydrogen-bond donors (Lipinski definition) is 1. The molecule has 106 valence electrons. The lowest BCUT2D eigenvalue weighted by atomic mass is 10.2. The third kappa shape index (κ3) is 2.56. The number of halogens is 2. The summed E-state index contributed by atoms with van der Waals surface area (Å²) in [5.41, 5.74) is 0.726. The van der Waals surface area contributed by atoms with Crippen molar-refractivity contribution in [2.75, 3.05) is 0 Å². The molecule has 0 aliphatic carbocycles. The molecule has 0 fully saturated rings. The molecule has 0 atom stereocenters. The van der Waals surface area contributed by atoms with Crippen molar-refractivity contribution >= 4 is 5.91 Å². The molecule has 2 N–H and O–H groups in total. The highest BCUT2D eigenvalue weighted by atomic mass is 19.3. The average molecular weight is 282 g/mol. The molecule has 2 rings (SSSR count). The van der Waals surface area contributed by atoms with Crippen molar-refractivity contribution in [2.24, 2.45) is 18.0 Å². The molecule has 9 heteroatoms. The predicted molar refractivity (Wildman–Crippen MR) is 65.4 cm³/mol. The fourth-order valence-electron chi connectivity index (χ4n) is 1.56. The molecule has 7 nitrogen and oxygen atoms in total. The maximum Gasteiger partial charge on any atom is 0.324 e. The van der Waals surface area contributed by atoms with Crippen LogP contribution in [-0.4, -0.2) is 31.4 Å². The maximum absolute atomic E-state index is 13.1. The van der Waals surface area contributed by atoms with Gasteiger partial charge in [-0.2, -0.15) is 28.8 Å². The summed E-state index contributed by atoms with van der Waals surface area (Å²) in [5.74, 6) is -0.0105. The first-order chi connectivity index (χ1) is 9.32. The van der Waals surface area contributed by atoms with Crippen LogP contribution in [0.2, 0.25) is 0 Å². The molecule has 2 heterocycles. The third-order valence-corrected chi connectivity index (χ3v) is 2.52. The second kappa shape index (κ2) is 4.83. The minimum Gasteiger partial charge on any atom is -0.321 e. The van der Waals surface area contributed by atoms with Crippen molar-refractivity contribution in [3.05, 3.63) is 30.0 Å². The topological polar surface area (TPSA) is 91.1 Å². The lowest BCUT2D eigenvalue weighted by molar-refractivity contribution is 0.0104. The van der Waals surface area contributed by atoms with E-state index in [9.17, 15) is 13.6 Å². The van der Waals surface area contributed by atoms with Gasteiger partial charge in [0, 0.05) is 25.7 Å². The van der Waals surface area contributed by atoms with Gasteiger partial charge in [0.15, 0.2) is 5.49 Å². The molecule has 2 aromatic heterocycles. The highest BCUT2D eigenvalue weighted by Gasteiger charge is 2.35. The molecule has 0 amide bonds. The van der Waals surface area contributed by atoms with Crippen molar-refractivity contribution in [1.82, 2.24) is 19.6 Å². The van der Waals surface area contributed by atoms with E-state index in [4.69, 9.17) is 5.84 Å². The number of carbonyl (C=O) groups excluding carboxylic acids is 1. The zero-order valence-electron chi connectivity index (χ0n) is 10.8. The Bertz CT molecular complexity index is 712. The summed E-state index contributed by atoms with van der Waals surface area (Å²) in [6, 6.07) is 2.85. The summed E-state index contributed by atoms with van der Waals surface area (Å²) in [6.45, 7) is 0.487. The first kappa shape index (κ1) is 13.8. The van der Waals surface area contributed by atoms with E-state index in [-0.39, 0.29) is 5.49 Å². The third-order valence-electron chi connectivity index (χ3n) is 2.52.